The molecule has 2 saturated carbocycles. The van der Waals surface area contributed by atoms with Gasteiger partial charge in [-0.05, 0) is 38.1 Å². The zero-order valence-corrected chi connectivity index (χ0v) is 10.9. The van der Waals surface area contributed by atoms with Crippen molar-refractivity contribution < 1.29 is 0 Å². The highest BCUT2D eigenvalue weighted by Crippen LogP contribution is 2.41. The van der Waals surface area contributed by atoms with E-state index in [4.69, 9.17) is 0 Å². The first-order valence-electron chi connectivity index (χ1n) is 6.02. The minimum absolute atomic E-state index is 0.615. The van der Waals surface area contributed by atoms with Crippen LogP contribution in [0.1, 0.15) is 44.9 Å². The molecule has 0 spiro atoms. The first kappa shape index (κ1) is 10.9. The molecular formula is C12H22BrN. The highest BCUT2D eigenvalue weighted by Gasteiger charge is 2.36. The average Bonchev–Trinajstić information content (AvgIpc) is 2.50. The van der Waals surface area contributed by atoms with Crippen LogP contribution in [0.5, 0.6) is 0 Å². The van der Waals surface area contributed by atoms with Crippen molar-refractivity contribution in [3.63, 3.8) is 0 Å². The molecule has 1 nitrogen and oxygen atoms in total. The monoisotopic (exact) mass is 259 g/mol. The predicted octanol–water partition coefficient (Wildman–Crippen LogP) is 3.43. The Balaban J connectivity index is 1.86. The number of hydrogen-bond acceptors (Lipinski definition) is 1. The highest BCUT2D eigenvalue weighted by atomic mass is 79.9. The molecule has 0 aromatic carbocycles. The Bertz CT molecular complexity index is 183. The fourth-order valence-electron chi connectivity index (χ4n) is 2.94. The Morgan fingerprint density at radius 1 is 1.21 bits per heavy atom. The van der Waals surface area contributed by atoms with E-state index in [9.17, 15) is 0 Å². The normalized spacial score (nSPS) is 26.8. The molecule has 14 heavy (non-hydrogen) atoms. The zero-order chi connectivity index (χ0) is 10.0. The third-order valence-corrected chi connectivity index (χ3v) is 5.42. The number of halogens is 1. The van der Waals surface area contributed by atoms with Crippen molar-refractivity contribution >= 4 is 15.9 Å². The molecule has 2 heteroatoms. The smallest absolute Gasteiger partial charge is 0.0100 e. The summed E-state index contributed by atoms with van der Waals surface area (Å²) in [5.41, 5.74) is 0.615. The summed E-state index contributed by atoms with van der Waals surface area (Å²) >= 11 is 3.72. The van der Waals surface area contributed by atoms with Gasteiger partial charge in [0.15, 0.2) is 0 Å². The standard InChI is InChI=1S/C12H22BrN/c1-14(11-5-4-6-11)10-12(9-13)7-2-3-8-12/h11H,2-10H2,1H3. The van der Waals surface area contributed by atoms with Gasteiger partial charge >= 0.3 is 0 Å². The first-order chi connectivity index (χ1) is 6.76. The van der Waals surface area contributed by atoms with Crippen molar-refractivity contribution in [2.24, 2.45) is 5.41 Å². The maximum atomic E-state index is 3.72. The van der Waals surface area contributed by atoms with Gasteiger partial charge in [-0.2, -0.15) is 0 Å². The summed E-state index contributed by atoms with van der Waals surface area (Å²) in [7, 11) is 2.33. The SMILES string of the molecule is CN(CC1(CBr)CCCC1)C1CCC1. The molecule has 0 N–H and O–H groups in total. The van der Waals surface area contributed by atoms with Gasteiger partial charge in [0.2, 0.25) is 0 Å². The van der Waals surface area contributed by atoms with Crippen molar-refractivity contribution in [2.45, 2.75) is 51.0 Å². The Kier molecular flexibility index (Phi) is 3.54. The second kappa shape index (κ2) is 4.52. The molecule has 0 aromatic rings. The highest BCUT2D eigenvalue weighted by molar-refractivity contribution is 9.09. The van der Waals surface area contributed by atoms with Crippen molar-refractivity contribution in [1.82, 2.24) is 4.90 Å². The van der Waals surface area contributed by atoms with Gasteiger partial charge in [0, 0.05) is 17.9 Å². The lowest BCUT2D eigenvalue weighted by atomic mass is 9.85. The van der Waals surface area contributed by atoms with E-state index in [0.29, 0.717) is 5.41 Å². The molecule has 0 bridgehead atoms. The van der Waals surface area contributed by atoms with E-state index in [2.05, 4.69) is 27.9 Å². The average molecular weight is 260 g/mol. The molecule has 0 aliphatic heterocycles. The van der Waals surface area contributed by atoms with Crippen LogP contribution in [-0.2, 0) is 0 Å². The van der Waals surface area contributed by atoms with E-state index in [1.165, 1.54) is 56.8 Å². The molecule has 0 amide bonds. The number of nitrogens with zero attached hydrogens (tertiary/aromatic N) is 1. The molecule has 2 fully saturated rings. The van der Waals surface area contributed by atoms with Crippen LogP contribution >= 0.6 is 15.9 Å². The van der Waals surface area contributed by atoms with Crippen molar-refractivity contribution in [2.75, 3.05) is 18.9 Å². The molecule has 0 atom stereocenters. The largest absolute Gasteiger partial charge is 0.303 e. The third-order valence-electron chi connectivity index (χ3n) is 4.23. The van der Waals surface area contributed by atoms with Crippen LogP contribution in [0.4, 0.5) is 0 Å². The molecule has 0 unspecified atom stereocenters. The molecule has 0 aromatic heterocycles. The fraction of sp³-hybridized carbons (Fsp3) is 1.00. The lowest BCUT2D eigenvalue weighted by Gasteiger charge is -2.40. The summed E-state index contributed by atoms with van der Waals surface area (Å²) in [5, 5.41) is 1.21. The number of alkyl halides is 1. The third kappa shape index (κ3) is 2.16. The van der Waals surface area contributed by atoms with Crippen LogP contribution in [0.3, 0.4) is 0 Å². The molecule has 82 valence electrons. The van der Waals surface area contributed by atoms with Crippen LogP contribution in [0.2, 0.25) is 0 Å². The summed E-state index contributed by atoms with van der Waals surface area (Å²) in [6.07, 6.45) is 10.1. The predicted molar refractivity (Wildman–Crippen MR) is 65.0 cm³/mol. The van der Waals surface area contributed by atoms with Crippen molar-refractivity contribution in [1.29, 1.82) is 0 Å². The maximum absolute atomic E-state index is 3.72. The van der Waals surface area contributed by atoms with Gasteiger partial charge in [0.1, 0.15) is 0 Å². The quantitative estimate of drug-likeness (QED) is 0.700. The summed E-state index contributed by atoms with van der Waals surface area (Å²) in [5.74, 6) is 0. The maximum Gasteiger partial charge on any atom is 0.0100 e. The van der Waals surface area contributed by atoms with Gasteiger partial charge in [0.25, 0.3) is 0 Å². The van der Waals surface area contributed by atoms with E-state index >= 15 is 0 Å². The van der Waals surface area contributed by atoms with Crippen molar-refractivity contribution in [3.8, 4) is 0 Å². The van der Waals surface area contributed by atoms with E-state index in [0.717, 1.165) is 6.04 Å². The van der Waals surface area contributed by atoms with Crippen LogP contribution in [0, 0.1) is 5.41 Å². The lowest BCUT2D eigenvalue weighted by molar-refractivity contribution is 0.107. The van der Waals surface area contributed by atoms with Gasteiger partial charge in [-0.3, -0.25) is 0 Å². The second-order valence-corrected chi connectivity index (χ2v) is 5.90. The van der Waals surface area contributed by atoms with Crippen molar-refractivity contribution in [3.05, 3.63) is 0 Å². The van der Waals surface area contributed by atoms with Gasteiger partial charge in [-0.1, -0.05) is 35.2 Å². The Labute approximate surface area is 96.4 Å². The van der Waals surface area contributed by atoms with Gasteiger partial charge in [0.05, 0.1) is 0 Å². The molecule has 0 heterocycles. The van der Waals surface area contributed by atoms with Crippen LogP contribution in [-0.4, -0.2) is 29.9 Å². The van der Waals surface area contributed by atoms with E-state index in [-0.39, 0.29) is 0 Å². The summed E-state index contributed by atoms with van der Waals surface area (Å²) < 4.78 is 0. The van der Waals surface area contributed by atoms with E-state index < -0.39 is 0 Å². The molecule has 2 aliphatic rings. The fourth-order valence-corrected chi connectivity index (χ4v) is 3.68. The second-order valence-electron chi connectivity index (χ2n) is 5.34. The van der Waals surface area contributed by atoms with Crippen LogP contribution in [0.15, 0.2) is 0 Å². The molecule has 2 rings (SSSR count). The number of rotatable bonds is 4. The topological polar surface area (TPSA) is 3.24 Å². The zero-order valence-electron chi connectivity index (χ0n) is 9.27. The summed E-state index contributed by atoms with van der Waals surface area (Å²) in [4.78, 5) is 2.62. The van der Waals surface area contributed by atoms with Gasteiger partial charge in [-0.15, -0.1) is 0 Å². The van der Waals surface area contributed by atoms with Gasteiger partial charge < -0.3 is 4.90 Å². The molecular weight excluding hydrogens is 238 g/mol. The minimum atomic E-state index is 0.615. The summed E-state index contributed by atoms with van der Waals surface area (Å²) in [6, 6.07) is 0.909. The first-order valence-corrected chi connectivity index (χ1v) is 7.14. The minimum Gasteiger partial charge on any atom is -0.303 e. The molecule has 0 radical (unpaired) electrons. The summed E-state index contributed by atoms with van der Waals surface area (Å²) in [6.45, 7) is 1.32. The Morgan fingerprint density at radius 3 is 2.29 bits per heavy atom. The van der Waals surface area contributed by atoms with E-state index in [1.54, 1.807) is 0 Å². The van der Waals surface area contributed by atoms with Crippen LogP contribution in [0.25, 0.3) is 0 Å². The van der Waals surface area contributed by atoms with E-state index in [1.807, 2.05) is 0 Å². The molecule has 0 saturated heterocycles. The lowest BCUT2D eigenvalue weighted by Crippen LogP contribution is -2.44. The molecule has 2 aliphatic carbocycles. The van der Waals surface area contributed by atoms with Crippen LogP contribution < -0.4 is 0 Å². The number of hydrogen-bond donors (Lipinski definition) is 0. The Hall–Kier alpha value is 0.440. The van der Waals surface area contributed by atoms with Gasteiger partial charge in [-0.25, -0.2) is 0 Å². The Morgan fingerprint density at radius 2 is 1.86 bits per heavy atom.